The lowest BCUT2D eigenvalue weighted by Gasteiger charge is -2.27. The fourth-order valence-corrected chi connectivity index (χ4v) is 4.92. The lowest BCUT2D eigenvalue weighted by molar-refractivity contribution is 0.0863. The van der Waals surface area contributed by atoms with Crippen molar-refractivity contribution in [2.75, 3.05) is 30.5 Å². The topological polar surface area (TPSA) is 120 Å². The van der Waals surface area contributed by atoms with Crippen molar-refractivity contribution in [3.05, 3.63) is 40.5 Å². The number of carbonyl (C=O) groups is 1. The number of hydrogen-bond donors (Lipinski definition) is 4. The second-order valence-electron chi connectivity index (χ2n) is 8.94. The van der Waals surface area contributed by atoms with Gasteiger partial charge < -0.3 is 30.5 Å². The van der Waals surface area contributed by atoms with Crippen LogP contribution in [0, 0.1) is 0 Å². The summed E-state index contributed by atoms with van der Waals surface area (Å²) in [6.45, 7) is 1.25. The lowest BCUT2D eigenvalue weighted by atomic mass is 9.93. The summed E-state index contributed by atoms with van der Waals surface area (Å²) < 4.78 is 5.22. The molecule has 4 rings (SSSR count). The van der Waals surface area contributed by atoms with Crippen molar-refractivity contribution in [3.63, 3.8) is 0 Å². The zero-order chi connectivity index (χ0) is 24.1. The van der Waals surface area contributed by atoms with Crippen LogP contribution in [0.15, 0.2) is 24.3 Å². The number of rotatable bonds is 8. The molecule has 9 nitrogen and oxygen atoms in total. The molecule has 0 unspecified atom stereocenters. The van der Waals surface area contributed by atoms with E-state index < -0.39 is 0 Å². The van der Waals surface area contributed by atoms with Gasteiger partial charge in [-0.15, -0.1) is 10.2 Å². The van der Waals surface area contributed by atoms with Crippen LogP contribution in [0.4, 0.5) is 11.5 Å². The molecular weight excluding hydrogens is 458 g/mol. The molecule has 2 aromatic rings. The third-order valence-electron chi connectivity index (χ3n) is 6.61. The molecule has 1 aromatic carbocycles. The number of methoxy groups -OCH3 is 1. The first-order valence-corrected chi connectivity index (χ1v) is 12.2. The quantitative estimate of drug-likeness (QED) is 0.447. The minimum atomic E-state index is -0.296. The van der Waals surface area contributed by atoms with E-state index in [2.05, 4.69) is 20.8 Å². The smallest absolute Gasteiger partial charge is 0.274 e. The molecule has 4 N–H and O–H groups in total. The SMILES string of the molecule is COc1ccc(CNc2cc(N3CCC[C@H]3CO)nnc2C(=O)NC2CCC(O)CC2)cc1Cl. The summed E-state index contributed by atoms with van der Waals surface area (Å²) >= 11 is 6.27. The Morgan fingerprint density at radius 3 is 2.71 bits per heavy atom. The molecule has 34 heavy (non-hydrogen) atoms. The zero-order valence-electron chi connectivity index (χ0n) is 19.3. The summed E-state index contributed by atoms with van der Waals surface area (Å²) in [4.78, 5) is 15.1. The molecule has 1 saturated carbocycles. The summed E-state index contributed by atoms with van der Waals surface area (Å²) in [5.41, 5.74) is 1.70. The number of nitrogens with zero attached hydrogens (tertiary/aromatic N) is 3. The fraction of sp³-hybridized carbons (Fsp3) is 0.542. The van der Waals surface area contributed by atoms with Crippen LogP contribution in [0.25, 0.3) is 0 Å². The molecule has 10 heteroatoms. The highest BCUT2D eigenvalue weighted by atomic mass is 35.5. The summed E-state index contributed by atoms with van der Waals surface area (Å²) in [7, 11) is 1.57. The standard InChI is InChI=1S/C24H32ClN5O4/c1-34-21-9-4-15(11-19(21)25)13-26-20-12-22(30-10-2-3-17(30)14-31)28-29-23(20)24(33)27-16-5-7-18(32)8-6-16/h4,9,11-12,16-18,31-32H,2-3,5-8,10,13-14H2,1H3,(H,26,28)(H,27,33)/t16?,17-,18?/m0/s1. The van der Waals surface area contributed by atoms with Gasteiger partial charge in [0, 0.05) is 25.2 Å². The van der Waals surface area contributed by atoms with Crippen LogP contribution in [0.1, 0.15) is 54.6 Å². The van der Waals surface area contributed by atoms with Crippen LogP contribution in [0.3, 0.4) is 0 Å². The molecule has 2 aliphatic rings. The lowest BCUT2D eigenvalue weighted by Crippen LogP contribution is -2.39. The number of benzene rings is 1. The normalized spacial score (nSPS) is 22.5. The number of amides is 1. The number of aliphatic hydroxyl groups excluding tert-OH is 2. The molecule has 2 fully saturated rings. The third kappa shape index (κ3) is 5.71. The van der Waals surface area contributed by atoms with Gasteiger partial charge in [0.2, 0.25) is 0 Å². The molecule has 1 aromatic heterocycles. The fourth-order valence-electron chi connectivity index (χ4n) is 4.64. The Morgan fingerprint density at radius 2 is 2.00 bits per heavy atom. The first kappa shape index (κ1) is 24.5. The Kier molecular flexibility index (Phi) is 8.07. The summed E-state index contributed by atoms with van der Waals surface area (Å²) in [6, 6.07) is 7.35. The molecule has 1 atom stereocenters. The van der Waals surface area contributed by atoms with Gasteiger partial charge in [-0.25, -0.2) is 0 Å². The monoisotopic (exact) mass is 489 g/mol. The number of aromatic nitrogens is 2. The molecule has 2 heterocycles. The Bertz CT molecular complexity index is 999. The first-order chi connectivity index (χ1) is 16.5. The van der Waals surface area contributed by atoms with E-state index in [-0.39, 0.29) is 36.4 Å². The van der Waals surface area contributed by atoms with Crippen molar-refractivity contribution in [2.45, 2.75) is 63.3 Å². The number of carbonyl (C=O) groups excluding carboxylic acids is 1. The maximum absolute atomic E-state index is 13.1. The number of anilines is 2. The molecule has 1 aliphatic heterocycles. The van der Waals surface area contributed by atoms with E-state index in [1.165, 1.54) is 0 Å². The Hall–Kier alpha value is -2.62. The summed E-state index contributed by atoms with van der Waals surface area (Å²) in [6.07, 6.45) is 4.39. The van der Waals surface area contributed by atoms with E-state index in [0.717, 1.165) is 37.8 Å². The van der Waals surface area contributed by atoms with Gasteiger partial charge >= 0.3 is 0 Å². The number of ether oxygens (including phenoxy) is 1. The van der Waals surface area contributed by atoms with Gasteiger partial charge in [0.05, 0.1) is 36.6 Å². The number of halogens is 1. The van der Waals surface area contributed by atoms with Crippen molar-refractivity contribution in [1.29, 1.82) is 0 Å². The van der Waals surface area contributed by atoms with Gasteiger partial charge in [-0.1, -0.05) is 17.7 Å². The van der Waals surface area contributed by atoms with Crippen molar-refractivity contribution in [1.82, 2.24) is 15.5 Å². The molecule has 1 aliphatic carbocycles. The van der Waals surface area contributed by atoms with Crippen molar-refractivity contribution < 1.29 is 19.7 Å². The van der Waals surface area contributed by atoms with E-state index in [1.807, 2.05) is 23.1 Å². The maximum Gasteiger partial charge on any atom is 0.274 e. The van der Waals surface area contributed by atoms with E-state index in [0.29, 0.717) is 41.7 Å². The van der Waals surface area contributed by atoms with Crippen LogP contribution in [0.5, 0.6) is 5.75 Å². The van der Waals surface area contributed by atoms with Crippen LogP contribution in [0.2, 0.25) is 5.02 Å². The summed E-state index contributed by atoms with van der Waals surface area (Å²) in [5, 5.41) is 35.0. The van der Waals surface area contributed by atoms with E-state index in [4.69, 9.17) is 16.3 Å². The van der Waals surface area contributed by atoms with E-state index >= 15 is 0 Å². The van der Waals surface area contributed by atoms with Crippen molar-refractivity contribution >= 4 is 29.0 Å². The van der Waals surface area contributed by atoms with Crippen LogP contribution in [-0.4, -0.2) is 64.8 Å². The second kappa shape index (κ2) is 11.2. The van der Waals surface area contributed by atoms with Gasteiger partial charge in [-0.2, -0.15) is 0 Å². The number of nitrogens with one attached hydrogen (secondary N) is 2. The molecular formula is C24H32ClN5O4. The van der Waals surface area contributed by atoms with Crippen molar-refractivity contribution in [2.24, 2.45) is 0 Å². The van der Waals surface area contributed by atoms with Crippen LogP contribution < -0.4 is 20.3 Å². The predicted molar refractivity (Wildman–Crippen MR) is 131 cm³/mol. The van der Waals surface area contributed by atoms with Crippen LogP contribution >= 0.6 is 11.6 Å². The van der Waals surface area contributed by atoms with E-state index in [1.54, 1.807) is 13.2 Å². The molecule has 1 amide bonds. The van der Waals surface area contributed by atoms with Gasteiger partial charge in [-0.3, -0.25) is 4.79 Å². The maximum atomic E-state index is 13.1. The van der Waals surface area contributed by atoms with Gasteiger partial charge in [0.25, 0.3) is 5.91 Å². The predicted octanol–water partition coefficient (Wildman–Crippen LogP) is 2.75. The van der Waals surface area contributed by atoms with Crippen LogP contribution in [-0.2, 0) is 6.54 Å². The van der Waals surface area contributed by atoms with Gasteiger partial charge in [-0.05, 0) is 56.2 Å². The van der Waals surface area contributed by atoms with Crippen molar-refractivity contribution in [3.8, 4) is 5.75 Å². The molecule has 184 valence electrons. The van der Waals surface area contributed by atoms with Gasteiger partial charge in [0.1, 0.15) is 5.75 Å². The Labute approximate surface area is 204 Å². The number of hydrogen-bond acceptors (Lipinski definition) is 8. The molecule has 0 spiro atoms. The highest BCUT2D eigenvalue weighted by Crippen LogP contribution is 2.29. The third-order valence-corrected chi connectivity index (χ3v) is 6.90. The van der Waals surface area contributed by atoms with E-state index in [9.17, 15) is 15.0 Å². The second-order valence-corrected chi connectivity index (χ2v) is 9.35. The first-order valence-electron chi connectivity index (χ1n) is 11.8. The Morgan fingerprint density at radius 1 is 1.21 bits per heavy atom. The minimum Gasteiger partial charge on any atom is -0.495 e. The molecule has 0 bridgehead atoms. The largest absolute Gasteiger partial charge is 0.495 e. The highest BCUT2D eigenvalue weighted by Gasteiger charge is 2.28. The molecule has 1 saturated heterocycles. The highest BCUT2D eigenvalue weighted by molar-refractivity contribution is 6.32. The Balaban J connectivity index is 1.55. The molecule has 0 radical (unpaired) electrons. The summed E-state index contributed by atoms with van der Waals surface area (Å²) in [5.74, 6) is 0.931. The average Bonchev–Trinajstić information content (AvgIpc) is 3.33. The number of aliphatic hydroxyl groups is 2. The minimum absolute atomic E-state index is 0.00275. The average molecular weight is 490 g/mol. The zero-order valence-corrected chi connectivity index (χ0v) is 20.1. The van der Waals surface area contributed by atoms with Gasteiger partial charge in [0.15, 0.2) is 11.5 Å².